The molecule has 0 spiro atoms. The van der Waals surface area contributed by atoms with Gasteiger partial charge in [-0.25, -0.2) is 4.79 Å². The molecule has 2 rings (SSSR count). The first kappa shape index (κ1) is 14.3. The van der Waals surface area contributed by atoms with Crippen LogP contribution in [0.4, 0.5) is 0 Å². The highest BCUT2D eigenvalue weighted by Gasteiger charge is 2.06. The zero-order chi connectivity index (χ0) is 14.5. The first-order valence-electron chi connectivity index (χ1n) is 6.81. The number of rotatable bonds is 6. The maximum Gasteiger partial charge on any atom is 0.335 e. The van der Waals surface area contributed by atoms with Gasteiger partial charge in [-0.3, -0.25) is 0 Å². The number of carboxylic acid groups (broad SMARTS) is 1. The van der Waals surface area contributed by atoms with Crippen molar-refractivity contribution in [3.05, 3.63) is 59.4 Å². The molecule has 0 fully saturated rings. The molecule has 1 unspecified atom stereocenters. The third-order valence-corrected chi connectivity index (χ3v) is 3.35. The van der Waals surface area contributed by atoms with E-state index < -0.39 is 5.97 Å². The minimum Gasteiger partial charge on any atom is -0.478 e. The van der Waals surface area contributed by atoms with Crippen molar-refractivity contribution in [2.75, 3.05) is 6.54 Å². The smallest absolute Gasteiger partial charge is 0.335 e. The van der Waals surface area contributed by atoms with Crippen LogP contribution in [0.15, 0.2) is 42.7 Å². The molecule has 0 saturated carbocycles. The van der Waals surface area contributed by atoms with E-state index in [0.29, 0.717) is 11.6 Å². The normalized spacial score (nSPS) is 12.3. The van der Waals surface area contributed by atoms with Gasteiger partial charge in [-0.15, -0.1) is 0 Å². The number of nitrogens with one attached hydrogen (secondary N) is 1. The van der Waals surface area contributed by atoms with Crippen molar-refractivity contribution in [1.29, 1.82) is 0 Å². The van der Waals surface area contributed by atoms with Gasteiger partial charge >= 0.3 is 5.97 Å². The van der Waals surface area contributed by atoms with Gasteiger partial charge in [0.1, 0.15) is 0 Å². The largest absolute Gasteiger partial charge is 0.478 e. The second kappa shape index (κ2) is 6.39. The molecule has 0 aliphatic heterocycles. The van der Waals surface area contributed by atoms with E-state index in [4.69, 9.17) is 5.11 Å². The van der Waals surface area contributed by atoms with Gasteiger partial charge in [0.15, 0.2) is 0 Å². The second-order valence-electron chi connectivity index (χ2n) is 4.90. The molecule has 2 aromatic rings. The molecule has 0 amide bonds. The molecule has 1 atom stereocenters. The fourth-order valence-electron chi connectivity index (χ4n) is 2.20. The van der Waals surface area contributed by atoms with Crippen LogP contribution in [0.2, 0.25) is 0 Å². The summed E-state index contributed by atoms with van der Waals surface area (Å²) in [6.45, 7) is 5.93. The van der Waals surface area contributed by atoms with Crippen molar-refractivity contribution in [1.82, 2.24) is 9.88 Å². The molecule has 0 radical (unpaired) electrons. The molecule has 1 aromatic heterocycles. The molecule has 0 aliphatic rings. The predicted octanol–water partition coefficient (Wildman–Crippen LogP) is 2.91. The highest BCUT2D eigenvalue weighted by atomic mass is 16.4. The van der Waals surface area contributed by atoms with Gasteiger partial charge < -0.3 is 15.0 Å². The van der Waals surface area contributed by atoms with Gasteiger partial charge in [0.05, 0.1) is 5.56 Å². The lowest BCUT2D eigenvalue weighted by molar-refractivity contribution is 0.0697. The Morgan fingerprint density at radius 2 is 2.00 bits per heavy atom. The molecule has 0 aliphatic carbocycles. The zero-order valence-electron chi connectivity index (χ0n) is 11.8. The lowest BCUT2D eigenvalue weighted by atomic mass is 10.1. The number of hydrogen-bond donors (Lipinski definition) is 2. The Bertz CT molecular complexity index is 572. The Labute approximate surface area is 119 Å². The first-order valence-corrected chi connectivity index (χ1v) is 6.81. The van der Waals surface area contributed by atoms with Crippen LogP contribution in [0.3, 0.4) is 0 Å². The standard InChI is InChI=1S/C16H20N2O2/c1-3-17-12(2)15-8-9-18(11-15)10-13-4-6-14(7-5-13)16(19)20/h4-9,11-12,17H,3,10H2,1-2H3,(H,19,20). The Morgan fingerprint density at radius 1 is 1.30 bits per heavy atom. The lowest BCUT2D eigenvalue weighted by Crippen LogP contribution is -2.17. The third kappa shape index (κ3) is 3.48. The van der Waals surface area contributed by atoms with Crippen molar-refractivity contribution in [3.8, 4) is 0 Å². The third-order valence-electron chi connectivity index (χ3n) is 3.35. The summed E-state index contributed by atoms with van der Waals surface area (Å²) in [6, 6.07) is 9.45. The predicted molar refractivity (Wildman–Crippen MR) is 79.0 cm³/mol. The highest BCUT2D eigenvalue weighted by Crippen LogP contribution is 2.14. The van der Waals surface area contributed by atoms with E-state index in [1.807, 2.05) is 18.3 Å². The molecule has 20 heavy (non-hydrogen) atoms. The molecular formula is C16H20N2O2. The zero-order valence-corrected chi connectivity index (χ0v) is 11.8. The Hall–Kier alpha value is -2.07. The molecule has 1 aromatic carbocycles. The minimum atomic E-state index is -0.890. The van der Waals surface area contributed by atoms with E-state index in [2.05, 4.69) is 36.0 Å². The summed E-state index contributed by atoms with van der Waals surface area (Å²) in [6.07, 6.45) is 4.17. The van der Waals surface area contributed by atoms with Gasteiger partial charge in [-0.2, -0.15) is 0 Å². The van der Waals surface area contributed by atoms with E-state index in [0.717, 1.165) is 18.7 Å². The van der Waals surface area contributed by atoms with Gasteiger partial charge in [0.25, 0.3) is 0 Å². The van der Waals surface area contributed by atoms with Crippen LogP contribution in [0, 0.1) is 0 Å². The average Bonchev–Trinajstić information content (AvgIpc) is 2.88. The van der Waals surface area contributed by atoms with Crippen LogP contribution in [0.25, 0.3) is 0 Å². The Morgan fingerprint density at radius 3 is 2.60 bits per heavy atom. The average molecular weight is 272 g/mol. The summed E-state index contributed by atoms with van der Waals surface area (Å²) >= 11 is 0. The first-order chi connectivity index (χ1) is 9.60. The molecule has 0 saturated heterocycles. The number of hydrogen-bond acceptors (Lipinski definition) is 2. The van der Waals surface area contributed by atoms with Crippen molar-refractivity contribution in [2.24, 2.45) is 0 Å². The fourth-order valence-corrected chi connectivity index (χ4v) is 2.20. The maximum absolute atomic E-state index is 10.8. The van der Waals surface area contributed by atoms with Crippen molar-refractivity contribution < 1.29 is 9.90 Å². The number of aromatic carboxylic acids is 1. The van der Waals surface area contributed by atoms with Crippen molar-refractivity contribution >= 4 is 5.97 Å². The topological polar surface area (TPSA) is 54.3 Å². The minimum absolute atomic E-state index is 0.322. The molecule has 106 valence electrons. The van der Waals surface area contributed by atoms with Crippen LogP contribution < -0.4 is 5.32 Å². The van der Waals surface area contributed by atoms with Gasteiger partial charge in [0, 0.05) is 25.0 Å². The van der Waals surface area contributed by atoms with Crippen LogP contribution >= 0.6 is 0 Å². The fraction of sp³-hybridized carbons (Fsp3) is 0.312. The number of nitrogens with zero attached hydrogens (tertiary/aromatic N) is 1. The molecule has 2 N–H and O–H groups in total. The number of carboxylic acids is 1. The van der Waals surface area contributed by atoms with Crippen molar-refractivity contribution in [3.63, 3.8) is 0 Å². The van der Waals surface area contributed by atoms with Gasteiger partial charge in [-0.05, 0) is 42.8 Å². The lowest BCUT2D eigenvalue weighted by Gasteiger charge is -2.10. The van der Waals surface area contributed by atoms with Crippen molar-refractivity contribution in [2.45, 2.75) is 26.4 Å². The quantitative estimate of drug-likeness (QED) is 0.850. The second-order valence-corrected chi connectivity index (χ2v) is 4.90. The number of aromatic nitrogens is 1. The molecule has 4 nitrogen and oxygen atoms in total. The summed E-state index contributed by atoms with van der Waals surface area (Å²) in [7, 11) is 0. The Balaban J connectivity index is 2.04. The van der Waals surface area contributed by atoms with Crippen LogP contribution in [0.1, 0.15) is 41.4 Å². The molecule has 0 bridgehead atoms. The van der Waals surface area contributed by atoms with E-state index in [1.165, 1.54) is 5.56 Å². The number of carbonyl (C=O) groups is 1. The van der Waals surface area contributed by atoms with Gasteiger partial charge in [0.2, 0.25) is 0 Å². The van der Waals surface area contributed by atoms with Crippen LogP contribution in [0.5, 0.6) is 0 Å². The van der Waals surface area contributed by atoms with Gasteiger partial charge in [-0.1, -0.05) is 19.1 Å². The van der Waals surface area contributed by atoms with Crippen LogP contribution in [-0.2, 0) is 6.54 Å². The molecular weight excluding hydrogens is 252 g/mol. The summed E-state index contributed by atoms with van der Waals surface area (Å²) in [4.78, 5) is 10.8. The Kier molecular flexibility index (Phi) is 4.58. The maximum atomic E-state index is 10.8. The summed E-state index contributed by atoms with van der Waals surface area (Å²) in [5, 5.41) is 12.2. The highest BCUT2D eigenvalue weighted by molar-refractivity contribution is 5.87. The van der Waals surface area contributed by atoms with E-state index in [9.17, 15) is 4.79 Å². The molecule has 4 heteroatoms. The summed E-state index contributed by atoms with van der Waals surface area (Å²) in [5.41, 5.74) is 2.67. The van der Waals surface area contributed by atoms with Crippen LogP contribution in [-0.4, -0.2) is 22.2 Å². The summed E-state index contributed by atoms with van der Waals surface area (Å²) in [5.74, 6) is -0.890. The van der Waals surface area contributed by atoms with E-state index in [1.54, 1.807) is 12.1 Å². The molecule has 1 heterocycles. The summed E-state index contributed by atoms with van der Waals surface area (Å²) < 4.78 is 2.11. The monoisotopic (exact) mass is 272 g/mol. The SMILES string of the molecule is CCNC(C)c1ccn(Cc2ccc(C(=O)O)cc2)c1. The number of benzene rings is 1. The van der Waals surface area contributed by atoms with E-state index in [-0.39, 0.29) is 0 Å². The van der Waals surface area contributed by atoms with E-state index >= 15 is 0 Å².